The van der Waals surface area contributed by atoms with Gasteiger partial charge in [0.25, 0.3) is 5.91 Å². The Morgan fingerprint density at radius 3 is 2.81 bits per heavy atom. The normalized spacial score (nSPS) is 16.9. The van der Waals surface area contributed by atoms with Gasteiger partial charge in [0, 0.05) is 18.3 Å². The van der Waals surface area contributed by atoms with E-state index in [9.17, 15) is 4.79 Å². The van der Waals surface area contributed by atoms with E-state index in [4.69, 9.17) is 0 Å². The number of aromatic amines is 1. The molecule has 1 N–H and O–H groups in total. The van der Waals surface area contributed by atoms with Crippen molar-refractivity contribution in [1.82, 2.24) is 29.7 Å². The van der Waals surface area contributed by atoms with Crippen LogP contribution in [0.15, 0.2) is 60.8 Å². The zero-order valence-corrected chi connectivity index (χ0v) is 14.6. The zero-order valence-electron chi connectivity index (χ0n) is 14.6. The van der Waals surface area contributed by atoms with Gasteiger partial charge in [0.2, 0.25) is 0 Å². The summed E-state index contributed by atoms with van der Waals surface area (Å²) in [5.74, 6) is 0.749. The quantitative estimate of drug-likeness (QED) is 0.610. The highest BCUT2D eigenvalue weighted by Gasteiger charge is 2.34. The maximum absolute atomic E-state index is 13.1. The number of H-pyrrole nitrogens is 1. The number of carbonyl (C=O) groups is 1. The first-order valence-corrected chi connectivity index (χ1v) is 9.03. The number of nitrogens with one attached hydrogen (secondary N) is 1. The number of amides is 1. The summed E-state index contributed by atoms with van der Waals surface area (Å²) in [6, 6.07) is 17.3. The van der Waals surface area contributed by atoms with Crippen molar-refractivity contribution < 1.29 is 4.79 Å². The van der Waals surface area contributed by atoms with Crippen LogP contribution in [0.4, 0.5) is 0 Å². The molecular formula is C20H18N6O. The van der Waals surface area contributed by atoms with Gasteiger partial charge in [-0.1, -0.05) is 36.4 Å². The first kappa shape index (κ1) is 15.7. The molecule has 4 heterocycles. The summed E-state index contributed by atoms with van der Waals surface area (Å²) in [5, 5.41) is 15.8. The Kier molecular flexibility index (Phi) is 3.71. The molecule has 1 aliphatic heterocycles. The van der Waals surface area contributed by atoms with E-state index in [0.717, 1.165) is 35.6 Å². The van der Waals surface area contributed by atoms with E-state index in [1.165, 1.54) is 0 Å². The number of hydrogen-bond donors (Lipinski definition) is 1. The van der Waals surface area contributed by atoms with Crippen molar-refractivity contribution in [1.29, 1.82) is 0 Å². The number of hydrogen-bond acceptors (Lipinski definition) is 4. The van der Waals surface area contributed by atoms with Gasteiger partial charge in [-0.2, -0.15) is 5.10 Å². The van der Waals surface area contributed by atoms with E-state index in [1.807, 2.05) is 70.1 Å². The zero-order chi connectivity index (χ0) is 18.2. The summed E-state index contributed by atoms with van der Waals surface area (Å²) in [5.41, 5.74) is 3.03. The highest BCUT2D eigenvalue weighted by Crippen LogP contribution is 2.32. The minimum atomic E-state index is -0.0848. The van der Waals surface area contributed by atoms with Crippen molar-refractivity contribution in [3.8, 4) is 11.3 Å². The van der Waals surface area contributed by atoms with Crippen molar-refractivity contribution in [3.05, 3.63) is 72.3 Å². The average Bonchev–Trinajstić information content (AvgIpc) is 3.46. The Balaban J connectivity index is 1.45. The lowest BCUT2D eigenvalue weighted by Crippen LogP contribution is -2.31. The van der Waals surface area contributed by atoms with Gasteiger partial charge in [-0.25, -0.2) is 0 Å². The van der Waals surface area contributed by atoms with E-state index in [2.05, 4.69) is 20.4 Å². The van der Waals surface area contributed by atoms with Crippen LogP contribution in [0.5, 0.6) is 0 Å². The molecule has 134 valence electrons. The first-order valence-electron chi connectivity index (χ1n) is 9.03. The van der Waals surface area contributed by atoms with Gasteiger partial charge in [0.15, 0.2) is 11.5 Å². The summed E-state index contributed by atoms with van der Waals surface area (Å²) in [7, 11) is 0. The van der Waals surface area contributed by atoms with Crippen molar-refractivity contribution >= 4 is 11.6 Å². The second-order valence-corrected chi connectivity index (χ2v) is 6.68. The molecule has 0 saturated carbocycles. The summed E-state index contributed by atoms with van der Waals surface area (Å²) in [6.45, 7) is 0.699. The SMILES string of the molecule is O=C(c1cc(-c2ccccc2)n[nH]1)N1CCC[C@@H]1c1nnc2ccccn12. The fourth-order valence-corrected chi connectivity index (χ4v) is 3.71. The minimum Gasteiger partial charge on any atom is -0.327 e. The van der Waals surface area contributed by atoms with Gasteiger partial charge < -0.3 is 4.90 Å². The number of carbonyl (C=O) groups excluding carboxylic acids is 1. The van der Waals surface area contributed by atoms with Gasteiger partial charge in [0.1, 0.15) is 5.69 Å². The van der Waals surface area contributed by atoms with Crippen molar-refractivity contribution in [3.63, 3.8) is 0 Å². The number of fused-ring (bicyclic) bond motifs is 1. The molecule has 1 aromatic carbocycles. The molecule has 0 unspecified atom stereocenters. The second kappa shape index (κ2) is 6.35. The van der Waals surface area contributed by atoms with E-state index in [1.54, 1.807) is 0 Å². The molecule has 1 saturated heterocycles. The second-order valence-electron chi connectivity index (χ2n) is 6.68. The summed E-state index contributed by atoms with van der Waals surface area (Å²) < 4.78 is 1.96. The van der Waals surface area contributed by atoms with Crippen LogP contribution in [0.3, 0.4) is 0 Å². The van der Waals surface area contributed by atoms with Crippen molar-refractivity contribution in [2.75, 3.05) is 6.54 Å². The highest BCUT2D eigenvalue weighted by atomic mass is 16.2. The molecule has 3 aromatic heterocycles. The molecule has 1 fully saturated rings. The van der Waals surface area contributed by atoms with Crippen LogP contribution in [0.2, 0.25) is 0 Å². The van der Waals surface area contributed by atoms with Crippen LogP contribution >= 0.6 is 0 Å². The Hall–Kier alpha value is -3.48. The van der Waals surface area contributed by atoms with E-state index >= 15 is 0 Å². The van der Waals surface area contributed by atoms with Gasteiger partial charge in [-0.05, 0) is 31.0 Å². The van der Waals surface area contributed by atoms with Gasteiger partial charge in [-0.3, -0.25) is 14.3 Å². The number of pyridine rings is 1. The van der Waals surface area contributed by atoms with Crippen LogP contribution < -0.4 is 0 Å². The maximum Gasteiger partial charge on any atom is 0.272 e. The van der Waals surface area contributed by atoms with Crippen molar-refractivity contribution in [2.45, 2.75) is 18.9 Å². The van der Waals surface area contributed by atoms with Crippen LogP contribution in [0.1, 0.15) is 35.2 Å². The standard InChI is InChI=1S/C20H18N6O/c27-20(16-13-15(21-22-16)14-7-2-1-3-8-14)25-12-6-9-17(25)19-24-23-18-10-4-5-11-26(18)19/h1-5,7-8,10-11,13,17H,6,9,12H2,(H,21,22)/t17-/m1/s1. The molecule has 1 atom stereocenters. The van der Waals surface area contributed by atoms with E-state index < -0.39 is 0 Å². The van der Waals surface area contributed by atoms with Crippen LogP contribution in [0.25, 0.3) is 16.9 Å². The number of aromatic nitrogens is 5. The van der Waals surface area contributed by atoms with Crippen LogP contribution in [-0.2, 0) is 0 Å². The Bertz CT molecular complexity index is 1100. The number of benzene rings is 1. The molecule has 0 aliphatic carbocycles. The fraction of sp³-hybridized carbons (Fsp3) is 0.200. The molecule has 1 aliphatic rings. The van der Waals surface area contributed by atoms with Crippen LogP contribution in [0, 0.1) is 0 Å². The predicted octanol–water partition coefficient (Wildman–Crippen LogP) is 3.10. The van der Waals surface area contributed by atoms with Gasteiger partial charge in [-0.15, -0.1) is 10.2 Å². The molecule has 7 nitrogen and oxygen atoms in total. The maximum atomic E-state index is 13.1. The lowest BCUT2D eigenvalue weighted by Gasteiger charge is -2.22. The predicted molar refractivity (Wildman–Crippen MR) is 100 cm³/mol. The molecule has 27 heavy (non-hydrogen) atoms. The summed E-state index contributed by atoms with van der Waals surface area (Å²) >= 11 is 0. The molecule has 0 radical (unpaired) electrons. The van der Waals surface area contributed by atoms with Gasteiger partial charge >= 0.3 is 0 Å². The molecule has 0 bridgehead atoms. The van der Waals surface area contributed by atoms with E-state index in [0.29, 0.717) is 12.2 Å². The smallest absolute Gasteiger partial charge is 0.272 e. The Morgan fingerprint density at radius 1 is 1.07 bits per heavy atom. The fourth-order valence-electron chi connectivity index (χ4n) is 3.71. The molecular weight excluding hydrogens is 340 g/mol. The summed E-state index contributed by atoms with van der Waals surface area (Å²) in [6.07, 6.45) is 3.76. The minimum absolute atomic E-state index is 0.0557. The highest BCUT2D eigenvalue weighted by molar-refractivity contribution is 5.93. The topological polar surface area (TPSA) is 79.2 Å². The third kappa shape index (κ3) is 2.68. The molecule has 7 heteroatoms. The average molecular weight is 358 g/mol. The number of rotatable bonds is 3. The largest absolute Gasteiger partial charge is 0.327 e. The van der Waals surface area contributed by atoms with Gasteiger partial charge in [0.05, 0.1) is 11.7 Å². The Morgan fingerprint density at radius 2 is 1.93 bits per heavy atom. The molecule has 1 amide bonds. The monoisotopic (exact) mass is 358 g/mol. The first-order chi connectivity index (χ1) is 13.3. The molecule has 5 rings (SSSR count). The lowest BCUT2D eigenvalue weighted by atomic mass is 10.1. The third-order valence-corrected chi connectivity index (χ3v) is 5.03. The molecule has 0 spiro atoms. The van der Waals surface area contributed by atoms with Crippen molar-refractivity contribution in [2.24, 2.45) is 0 Å². The summed E-state index contributed by atoms with van der Waals surface area (Å²) in [4.78, 5) is 15.0. The third-order valence-electron chi connectivity index (χ3n) is 5.03. The number of nitrogens with zero attached hydrogens (tertiary/aromatic N) is 5. The van der Waals surface area contributed by atoms with Crippen LogP contribution in [-0.4, -0.2) is 42.1 Å². The lowest BCUT2D eigenvalue weighted by molar-refractivity contribution is 0.0723. The van der Waals surface area contributed by atoms with E-state index in [-0.39, 0.29) is 11.9 Å². The number of likely N-dealkylation sites (tertiary alicyclic amines) is 1. The molecule has 4 aromatic rings. The Labute approximate surface area is 155 Å².